The summed E-state index contributed by atoms with van der Waals surface area (Å²) >= 11 is 3.59. The summed E-state index contributed by atoms with van der Waals surface area (Å²) in [6.07, 6.45) is 2.48. The summed E-state index contributed by atoms with van der Waals surface area (Å²) in [6, 6.07) is 22.8. The van der Waals surface area contributed by atoms with Crippen molar-refractivity contribution >= 4 is 50.8 Å². The summed E-state index contributed by atoms with van der Waals surface area (Å²) in [5.41, 5.74) is 9.97. The van der Waals surface area contributed by atoms with Crippen molar-refractivity contribution in [2.24, 2.45) is 5.73 Å². The Morgan fingerprint density at radius 3 is 2.64 bits per heavy atom. The van der Waals surface area contributed by atoms with Crippen molar-refractivity contribution in [1.82, 2.24) is 9.97 Å². The molecule has 8 nitrogen and oxygen atoms in total. The van der Waals surface area contributed by atoms with Gasteiger partial charge < -0.3 is 15.8 Å². The summed E-state index contributed by atoms with van der Waals surface area (Å²) in [6.45, 7) is 0.869. The fourth-order valence-corrected chi connectivity index (χ4v) is 4.62. The van der Waals surface area contributed by atoms with E-state index in [1.807, 2.05) is 72.8 Å². The largest absolute Gasteiger partial charge is 0.497 e. The molecule has 36 heavy (non-hydrogen) atoms. The summed E-state index contributed by atoms with van der Waals surface area (Å²) in [7, 11) is 1.63. The van der Waals surface area contributed by atoms with Crippen LogP contribution in [0.1, 0.15) is 11.1 Å². The second-order valence-corrected chi connectivity index (χ2v) is 9.11. The van der Waals surface area contributed by atoms with Gasteiger partial charge in [-0.1, -0.05) is 24.3 Å². The van der Waals surface area contributed by atoms with Gasteiger partial charge in [-0.25, -0.2) is 14.7 Å². The smallest absolute Gasteiger partial charge is 0.335 e. The van der Waals surface area contributed by atoms with Gasteiger partial charge in [-0.15, -0.1) is 0 Å². The van der Waals surface area contributed by atoms with Crippen molar-refractivity contribution in [3.05, 3.63) is 94.6 Å². The van der Waals surface area contributed by atoms with Crippen LogP contribution in [0.25, 0.3) is 0 Å². The number of hydrogen-bond donors (Lipinski definition) is 2. The van der Waals surface area contributed by atoms with E-state index in [1.54, 1.807) is 23.1 Å². The van der Waals surface area contributed by atoms with Gasteiger partial charge in [0.2, 0.25) is 5.95 Å². The zero-order valence-corrected chi connectivity index (χ0v) is 21.3. The first kappa shape index (κ1) is 23.8. The van der Waals surface area contributed by atoms with Crippen LogP contribution in [0.4, 0.5) is 33.6 Å². The molecule has 5 rings (SSSR count). The van der Waals surface area contributed by atoms with Crippen LogP contribution in [0, 0.1) is 0 Å². The van der Waals surface area contributed by atoms with Gasteiger partial charge in [-0.05, 0) is 83.0 Å². The van der Waals surface area contributed by atoms with Gasteiger partial charge >= 0.3 is 6.03 Å². The zero-order chi connectivity index (χ0) is 25.1. The van der Waals surface area contributed by atoms with E-state index in [2.05, 4.69) is 26.2 Å². The number of ether oxygens (including phenoxy) is 1. The van der Waals surface area contributed by atoms with Crippen LogP contribution in [0.5, 0.6) is 5.75 Å². The molecule has 1 aliphatic rings. The molecular weight excluding hydrogens is 520 g/mol. The summed E-state index contributed by atoms with van der Waals surface area (Å²) in [5, 5.41) is 3.22. The minimum absolute atomic E-state index is 0.201. The van der Waals surface area contributed by atoms with Gasteiger partial charge in [0.05, 0.1) is 25.0 Å². The fourth-order valence-electron chi connectivity index (χ4n) is 4.13. The topological polar surface area (TPSA) is 96.6 Å². The number of nitrogens with zero attached hydrogens (tertiary/aromatic N) is 4. The number of benzene rings is 3. The van der Waals surface area contributed by atoms with Crippen LogP contribution in [-0.2, 0) is 13.0 Å². The molecule has 4 aromatic rings. The SMILES string of the molecule is COc1ccc(Nc2ncc3c(n2)N(c2cccc(CCN)c2)C(=O)N(c2ccccc2Br)C3)cc1. The zero-order valence-electron chi connectivity index (χ0n) is 19.7. The number of para-hydroxylation sites is 1. The van der Waals surface area contributed by atoms with Gasteiger partial charge in [-0.2, -0.15) is 4.98 Å². The van der Waals surface area contributed by atoms with Crippen molar-refractivity contribution in [2.75, 3.05) is 28.8 Å². The molecule has 0 radical (unpaired) electrons. The van der Waals surface area contributed by atoms with Crippen LogP contribution < -0.4 is 25.6 Å². The number of carbonyl (C=O) groups is 1. The second-order valence-electron chi connectivity index (χ2n) is 8.26. The van der Waals surface area contributed by atoms with E-state index < -0.39 is 0 Å². The van der Waals surface area contributed by atoms with E-state index in [1.165, 1.54) is 0 Å². The van der Waals surface area contributed by atoms with Gasteiger partial charge in [0.25, 0.3) is 0 Å². The van der Waals surface area contributed by atoms with Gasteiger partial charge in [0.1, 0.15) is 5.75 Å². The predicted octanol–water partition coefficient (Wildman–Crippen LogP) is 5.77. The number of amides is 2. The van der Waals surface area contributed by atoms with Crippen molar-refractivity contribution < 1.29 is 9.53 Å². The Morgan fingerprint density at radius 1 is 1.08 bits per heavy atom. The number of carbonyl (C=O) groups excluding carboxylic acids is 1. The number of aromatic nitrogens is 2. The van der Waals surface area contributed by atoms with Crippen LogP contribution in [0.15, 0.2) is 83.5 Å². The maximum atomic E-state index is 14.0. The van der Waals surface area contributed by atoms with Crippen molar-refractivity contribution in [3.63, 3.8) is 0 Å². The number of nitrogens with one attached hydrogen (secondary N) is 1. The molecule has 0 bridgehead atoms. The maximum absolute atomic E-state index is 14.0. The maximum Gasteiger partial charge on any atom is 0.335 e. The molecule has 0 aliphatic carbocycles. The lowest BCUT2D eigenvalue weighted by molar-refractivity contribution is 0.252. The minimum Gasteiger partial charge on any atom is -0.497 e. The fraction of sp³-hybridized carbons (Fsp3) is 0.148. The number of hydrogen-bond acceptors (Lipinski definition) is 6. The second kappa shape index (κ2) is 10.3. The summed E-state index contributed by atoms with van der Waals surface area (Å²) in [4.78, 5) is 26.6. The molecule has 3 N–H and O–H groups in total. The van der Waals surface area contributed by atoms with Crippen LogP contribution in [0.3, 0.4) is 0 Å². The molecule has 2 amide bonds. The first-order valence-electron chi connectivity index (χ1n) is 11.5. The first-order valence-corrected chi connectivity index (χ1v) is 12.3. The molecule has 0 saturated heterocycles. The minimum atomic E-state index is -0.201. The Balaban J connectivity index is 1.57. The van der Waals surface area contributed by atoms with E-state index >= 15 is 0 Å². The first-order chi connectivity index (χ1) is 17.6. The Labute approximate surface area is 217 Å². The average molecular weight is 545 g/mol. The van der Waals surface area contributed by atoms with Gasteiger partial charge in [-0.3, -0.25) is 4.90 Å². The average Bonchev–Trinajstić information content (AvgIpc) is 2.90. The Kier molecular flexibility index (Phi) is 6.84. The number of rotatable bonds is 7. The van der Waals surface area contributed by atoms with Crippen molar-refractivity contribution in [2.45, 2.75) is 13.0 Å². The highest BCUT2D eigenvalue weighted by Gasteiger charge is 2.35. The molecule has 0 atom stereocenters. The highest BCUT2D eigenvalue weighted by Crippen LogP contribution is 2.38. The van der Waals surface area contributed by atoms with Gasteiger partial charge in [0, 0.05) is 21.9 Å². The van der Waals surface area contributed by atoms with E-state index in [-0.39, 0.29) is 6.03 Å². The number of fused-ring (bicyclic) bond motifs is 1. The molecule has 0 fully saturated rings. The number of halogens is 1. The molecule has 182 valence electrons. The predicted molar refractivity (Wildman–Crippen MR) is 145 cm³/mol. The lowest BCUT2D eigenvalue weighted by Crippen LogP contribution is -2.45. The van der Waals surface area contributed by atoms with Crippen LogP contribution in [-0.4, -0.2) is 29.7 Å². The third-order valence-electron chi connectivity index (χ3n) is 5.90. The Morgan fingerprint density at radius 2 is 1.89 bits per heavy atom. The Hall–Kier alpha value is -3.95. The number of methoxy groups -OCH3 is 1. The van der Waals surface area contributed by atoms with E-state index in [4.69, 9.17) is 15.5 Å². The highest BCUT2D eigenvalue weighted by molar-refractivity contribution is 9.10. The van der Waals surface area contributed by atoms with Crippen LogP contribution in [0.2, 0.25) is 0 Å². The van der Waals surface area contributed by atoms with E-state index in [0.717, 1.165) is 38.4 Å². The monoisotopic (exact) mass is 544 g/mol. The Bertz CT molecular complexity index is 1400. The van der Waals surface area contributed by atoms with Crippen molar-refractivity contribution in [3.8, 4) is 5.75 Å². The normalized spacial score (nSPS) is 12.9. The lowest BCUT2D eigenvalue weighted by atomic mass is 10.1. The summed E-state index contributed by atoms with van der Waals surface area (Å²) < 4.78 is 6.06. The molecule has 0 unspecified atom stereocenters. The standard InChI is InChI=1S/C27H25BrN6O2/c1-36-22-11-9-20(10-12-22)31-26-30-16-19-17-33(24-8-3-2-7-23(24)28)27(35)34(25(19)32-26)21-6-4-5-18(15-21)13-14-29/h2-12,15-16H,13-14,17,29H2,1H3,(H,30,31,32). The van der Waals surface area contributed by atoms with E-state index in [9.17, 15) is 4.79 Å². The number of anilines is 5. The highest BCUT2D eigenvalue weighted by atomic mass is 79.9. The van der Waals surface area contributed by atoms with E-state index in [0.29, 0.717) is 31.3 Å². The number of nitrogens with two attached hydrogens (primary N) is 1. The molecule has 1 aliphatic heterocycles. The van der Waals surface area contributed by atoms with Gasteiger partial charge in [0.15, 0.2) is 5.82 Å². The molecule has 9 heteroatoms. The number of urea groups is 1. The summed E-state index contributed by atoms with van der Waals surface area (Å²) in [5.74, 6) is 1.69. The lowest BCUT2D eigenvalue weighted by Gasteiger charge is -2.36. The molecule has 3 aromatic carbocycles. The molecule has 0 saturated carbocycles. The molecule has 0 spiro atoms. The third-order valence-corrected chi connectivity index (χ3v) is 6.57. The quantitative estimate of drug-likeness (QED) is 0.306. The van der Waals surface area contributed by atoms with Crippen LogP contribution >= 0.6 is 15.9 Å². The molecular formula is C27H25BrN6O2. The molecule has 1 aromatic heterocycles. The third kappa shape index (κ3) is 4.75. The van der Waals surface area contributed by atoms with Crippen molar-refractivity contribution in [1.29, 1.82) is 0 Å². The molecule has 2 heterocycles.